The second kappa shape index (κ2) is 6.10. The maximum absolute atomic E-state index is 11.7. The summed E-state index contributed by atoms with van der Waals surface area (Å²) in [7, 11) is 0. The molecule has 2 aromatic rings. The Bertz CT molecular complexity index is 677. The second-order valence-electron chi connectivity index (χ2n) is 5.56. The van der Waals surface area contributed by atoms with Gasteiger partial charge in [-0.1, -0.05) is 18.2 Å². The Kier molecular flexibility index (Phi) is 4.00. The van der Waals surface area contributed by atoms with E-state index < -0.39 is 5.91 Å². The van der Waals surface area contributed by atoms with E-state index in [9.17, 15) is 4.79 Å². The van der Waals surface area contributed by atoms with Gasteiger partial charge in [-0.2, -0.15) is 0 Å². The third kappa shape index (κ3) is 2.77. The monoisotopic (exact) mass is 296 g/mol. The average molecular weight is 296 g/mol. The number of rotatable bonds is 4. The van der Waals surface area contributed by atoms with Crippen molar-refractivity contribution in [2.24, 2.45) is 5.73 Å². The van der Waals surface area contributed by atoms with Crippen LogP contribution >= 0.6 is 0 Å². The Labute approximate surface area is 130 Å². The molecule has 3 rings (SSSR count). The van der Waals surface area contributed by atoms with Crippen molar-refractivity contribution in [3.05, 3.63) is 53.6 Å². The summed E-state index contributed by atoms with van der Waals surface area (Å²) >= 11 is 0. The Morgan fingerprint density at radius 1 is 1.09 bits per heavy atom. The Hall–Kier alpha value is -2.49. The summed E-state index contributed by atoms with van der Waals surface area (Å²) in [5.74, 6) is 0.789. The van der Waals surface area contributed by atoms with E-state index >= 15 is 0 Å². The van der Waals surface area contributed by atoms with Gasteiger partial charge in [0.1, 0.15) is 11.5 Å². The zero-order valence-corrected chi connectivity index (χ0v) is 12.7. The molecule has 0 aromatic heterocycles. The smallest absolute Gasteiger partial charge is 0.252 e. The lowest BCUT2D eigenvalue weighted by Gasteiger charge is -2.23. The first kappa shape index (κ1) is 14.4. The molecule has 0 saturated carbocycles. The zero-order valence-electron chi connectivity index (χ0n) is 12.7. The highest BCUT2D eigenvalue weighted by molar-refractivity contribution is 5.97. The summed E-state index contributed by atoms with van der Waals surface area (Å²) < 4.78 is 5.97. The average Bonchev–Trinajstić information content (AvgIpc) is 3.04. The SMILES string of the molecule is Cc1c(N2CCCC2)ccc(C(N)=O)c1Oc1ccccc1. The van der Waals surface area contributed by atoms with Crippen molar-refractivity contribution in [2.45, 2.75) is 19.8 Å². The van der Waals surface area contributed by atoms with E-state index in [2.05, 4.69) is 4.90 Å². The van der Waals surface area contributed by atoms with E-state index in [1.165, 1.54) is 12.8 Å². The van der Waals surface area contributed by atoms with E-state index in [1.54, 1.807) is 6.07 Å². The van der Waals surface area contributed by atoms with Crippen LogP contribution in [0.4, 0.5) is 5.69 Å². The predicted octanol–water partition coefficient (Wildman–Crippen LogP) is 3.49. The number of carbonyl (C=O) groups is 1. The minimum Gasteiger partial charge on any atom is -0.456 e. The topological polar surface area (TPSA) is 55.6 Å². The fourth-order valence-electron chi connectivity index (χ4n) is 2.91. The number of benzene rings is 2. The molecular formula is C18H20N2O2. The standard InChI is InChI=1S/C18H20N2O2/c1-13-16(20-11-5-6-12-20)10-9-15(18(19)21)17(13)22-14-7-3-2-4-8-14/h2-4,7-10H,5-6,11-12H2,1H3,(H2,19,21). The number of anilines is 1. The summed E-state index contributed by atoms with van der Waals surface area (Å²) in [5.41, 5.74) is 8.01. The van der Waals surface area contributed by atoms with Crippen molar-refractivity contribution >= 4 is 11.6 Å². The molecule has 1 heterocycles. The molecular weight excluding hydrogens is 276 g/mol. The van der Waals surface area contributed by atoms with Crippen molar-refractivity contribution < 1.29 is 9.53 Å². The summed E-state index contributed by atoms with van der Waals surface area (Å²) in [6, 6.07) is 13.2. The van der Waals surface area contributed by atoms with Crippen LogP contribution in [0.15, 0.2) is 42.5 Å². The number of primary amides is 1. The maximum atomic E-state index is 11.7. The van der Waals surface area contributed by atoms with Gasteiger partial charge in [0.15, 0.2) is 0 Å². The quantitative estimate of drug-likeness (QED) is 0.939. The van der Waals surface area contributed by atoms with Crippen LogP contribution in [0.3, 0.4) is 0 Å². The van der Waals surface area contributed by atoms with Crippen molar-refractivity contribution in [3.8, 4) is 11.5 Å². The van der Waals surface area contributed by atoms with Crippen LogP contribution in [0.25, 0.3) is 0 Å². The fourth-order valence-corrected chi connectivity index (χ4v) is 2.91. The highest BCUT2D eigenvalue weighted by atomic mass is 16.5. The Balaban J connectivity index is 2.03. The van der Waals surface area contributed by atoms with Crippen molar-refractivity contribution in [3.63, 3.8) is 0 Å². The molecule has 114 valence electrons. The number of ether oxygens (including phenoxy) is 1. The molecule has 1 saturated heterocycles. The first-order valence-corrected chi connectivity index (χ1v) is 7.58. The molecule has 0 spiro atoms. The van der Waals surface area contributed by atoms with E-state index in [1.807, 2.05) is 43.3 Å². The van der Waals surface area contributed by atoms with E-state index in [-0.39, 0.29) is 0 Å². The molecule has 0 unspecified atom stereocenters. The van der Waals surface area contributed by atoms with Crippen LogP contribution in [0.1, 0.15) is 28.8 Å². The molecule has 1 aliphatic heterocycles. The molecule has 0 bridgehead atoms. The van der Waals surface area contributed by atoms with Gasteiger partial charge >= 0.3 is 0 Å². The molecule has 4 heteroatoms. The van der Waals surface area contributed by atoms with Gasteiger partial charge in [0.05, 0.1) is 5.56 Å². The molecule has 4 nitrogen and oxygen atoms in total. The zero-order chi connectivity index (χ0) is 15.5. The van der Waals surface area contributed by atoms with E-state index in [0.29, 0.717) is 17.1 Å². The van der Waals surface area contributed by atoms with Crippen molar-refractivity contribution in [1.82, 2.24) is 0 Å². The first-order valence-electron chi connectivity index (χ1n) is 7.58. The largest absolute Gasteiger partial charge is 0.456 e. The predicted molar refractivity (Wildman–Crippen MR) is 87.7 cm³/mol. The highest BCUT2D eigenvalue weighted by Crippen LogP contribution is 2.36. The molecule has 0 atom stereocenters. The Morgan fingerprint density at radius 3 is 2.41 bits per heavy atom. The van der Waals surface area contributed by atoms with Crippen LogP contribution in [0.2, 0.25) is 0 Å². The van der Waals surface area contributed by atoms with Gasteiger partial charge in [0, 0.05) is 24.3 Å². The van der Waals surface area contributed by atoms with Crippen LogP contribution in [0.5, 0.6) is 11.5 Å². The number of hydrogen-bond donors (Lipinski definition) is 1. The third-order valence-electron chi connectivity index (χ3n) is 4.05. The number of nitrogens with two attached hydrogens (primary N) is 1. The lowest BCUT2D eigenvalue weighted by molar-refractivity contribution is 0.0998. The van der Waals surface area contributed by atoms with Gasteiger partial charge in [-0.25, -0.2) is 0 Å². The molecule has 1 amide bonds. The second-order valence-corrected chi connectivity index (χ2v) is 5.56. The first-order chi connectivity index (χ1) is 10.7. The van der Waals surface area contributed by atoms with Gasteiger partial charge < -0.3 is 15.4 Å². The third-order valence-corrected chi connectivity index (χ3v) is 4.05. The van der Waals surface area contributed by atoms with Gasteiger partial charge in [0.2, 0.25) is 0 Å². The van der Waals surface area contributed by atoms with E-state index in [4.69, 9.17) is 10.5 Å². The fraction of sp³-hybridized carbons (Fsp3) is 0.278. The number of carbonyl (C=O) groups excluding carboxylic acids is 1. The molecule has 1 fully saturated rings. The van der Waals surface area contributed by atoms with Gasteiger partial charge in [-0.15, -0.1) is 0 Å². The molecule has 2 N–H and O–H groups in total. The lowest BCUT2D eigenvalue weighted by atomic mass is 10.1. The highest BCUT2D eigenvalue weighted by Gasteiger charge is 2.21. The van der Waals surface area contributed by atoms with Crippen LogP contribution in [0, 0.1) is 6.92 Å². The van der Waals surface area contributed by atoms with Crippen molar-refractivity contribution in [2.75, 3.05) is 18.0 Å². The van der Waals surface area contributed by atoms with E-state index in [0.717, 1.165) is 24.3 Å². The Morgan fingerprint density at radius 2 is 1.77 bits per heavy atom. The molecule has 0 aliphatic carbocycles. The minimum atomic E-state index is -0.470. The summed E-state index contributed by atoms with van der Waals surface area (Å²) in [6.07, 6.45) is 2.40. The van der Waals surface area contributed by atoms with Gasteiger partial charge in [0.25, 0.3) is 5.91 Å². The molecule has 2 aromatic carbocycles. The summed E-state index contributed by atoms with van der Waals surface area (Å²) in [6.45, 7) is 4.07. The molecule has 0 radical (unpaired) electrons. The number of hydrogen-bond acceptors (Lipinski definition) is 3. The number of nitrogens with zero attached hydrogens (tertiary/aromatic N) is 1. The van der Waals surface area contributed by atoms with Crippen LogP contribution in [-0.4, -0.2) is 19.0 Å². The van der Waals surface area contributed by atoms with Gasteiger partial charge in [-0.05, 0) is 44.0 Å². The lowest BCUT2D eigenvalue weighted by Crippen LogP contribution is -2.20. The van der Waals surface area contributed by atoms with Crippen LogP contribution < -0.4 is 15.4 Å². The summed E-state index contributed by atoms with van der Waals surface area (Å²) in [4.78, 5) is 14.1. The summed E-state index contributed by atoms with van der Waals surface area (Å²) in [5, 5.41) is 0. The maximum Gasteiger partial charge on any atom is 0.252 e. The number of para-hydroxylation sites is 1. The van der Waals surface area contributed by atoms with Gasteiger partial charge in [-0.3, -0.25) is 4.79 Å². The minimum absolute atomic E-state index is 0.421. The molecule has 1 aliphatic rings. The van der Waals surface area contributed by atoms with Crippen molar-refractivity contribution in [1.29, 1.82) is 0 Å². The van der Waals surface area contributed by atoms with Crippen LogP contribution in [-0.2, 0) is 0 Å². The normalized spacial score (nSPS) is 14.1. The molecule has 22 heavy (non-hydrogen) atoms. The number of amides is 1.